The smallest absolute Gasteiger partial charge is 0.346 e. The SMILES string of the molecule is CCCCNC(=O)CCOCCOCCN/C=C(/COCCOCCS[C@]1(C(=O)O)CC[C@@H](NC(=O)CO)[C@H]([C@H](O)CCNC(=O)Cc2ccc(-c3ccccc3)cc2)O1)N=N. The summed E-state index contributed by atoms with van der Waals surface area (Å²) in [5.41, 5.74) is 10.7. The molecule has 0 saturated carbocycles. The number of carbonyl (C=O) groups excluding carboxylic acids is 3. The van der Waals surface area contributed by atoms with E-state index >= 15 is 0 Å². The van der Waals surface area contributed by atoms with Crippen LogP contribution in [0.25, 0.3) is 11.1 Å². The molecule has 2 aromatic carbocycles. The maximum atomic E-state index is 12.7. The van der Waals surface area contributed by atoms with Crippen LogP contribution >= 0.6 is 11.8 Å². The number of aliphatic hydroxyl groups excluding tert-OH is 2. The van der Waals surface area contributed by atoms with Crippen LogP contribution in [0.4, 0.5) is 0 Å². The highest BCUT2D eigenvalue weighted by Crippen LogP contribution is 2.40. The topological polar surface area (TPSA) is 259 Å². The van der Waals surface area contributed by atoms with Crippen LogP contribution in [0.15, 0.2) is 71.6 Å². The lowest BCUT2D eigenvalue weighted by molar-refractivity contribution is -0.179. The van der Waals surface area contributed by atoms with Crippen molar-refractivity contribution in [1.82, 2.24) is 21.3 Å². The number of unbranched alkanes of at least 4 members (excludes halogenated alkanes) is 1. The summed E-state index contributed by atoms with van der Waals surface area (Å²) in [5, 5.41) is 45.5. The summed E-state index contributed by atoms with van der Waals surface area (Å²) in [6.45, 7) is 4.63. The fourth-order valence-corrected chi connectivity index (χ4v) is 7.33. The molecule has 0 radical (unpaired) electrons. The van der Waals surface area contributed by atoms with Crippen molar-refractivity contribution in [3.05, 3.63) is 72.1 Å². The van der Waals surface area contributed by atoms with E-state index < -0.39 is 41.7 Å². The molecule has 4 atom stereocenters. The first-order chi connectivity index (χ1) is 30.1. The van der Waals surface area contributed by atoms with E-state index in [2.05, 4.69) is 33.3 Å². The van der Waals surface area contributed by atoms with Gasteiger partial charge in [-0.3, -0.25) is 14.4 Å². The van der Waals surface area contributed by atoms with Crippen molar-refractivity contribution in [2.24, 2.45) is 5.11 Å². The molecule has 3 amide bonds. The molecule has 1 aliphatic rings. The molecule has 0 bridgehead atoms. The first-order valence-corrected chi connectivity index (χ1v) is 22.0. The Labute approximate surface area is 367 Å². The van der Waals surface area contributed by atoms with Crippen LogP contribution in [0.2, 0.25) is 0 Å². The lowest BCUT2D eigenvalue weighted by Gasteiger charge is -2.43. The van der Waals surface area contributed by atoms with Gasteiger partial charge in [-0.25, -0.2) is 10.3 Å². The Morgan fingerprint density at radius 2 is 1.56 bits per heavy atom. The highest BCUT2D eigenvalue weighted by atomic mass is 32.2. The summed E-state index contributed by atoms with van der Waals surface area (Å²) >= 11 is 1.01. The number of ether oxygens (including phenoxy) is 5. The van der Waals surface area contributed by atoms with Crippen molar-refractivity contribution in [2.75, 3.05) is 84.8 Å². The molecule has 0 aliphatic carbocycles. The third-order valence-electron chi connectivity index (χ3n) is 9.58. The van der Waals surface area contributed by atoms with E-state index in [9.17, 15) is 34.5 Å². The molecule has 1 saturated heterocycles. The van der Waals surface area contributed by atoms with Gasteiger partial charge in [-0.2, -0.15) is 5.11 Å². The van der Waals surface area contributed by atoms with Crippen LogP contribution in [0, 0.1) is 5.53 Å². The van der Waals surface area contributed by atoms with Crippen LogP contribution in [-0.4, -0.2) is 147 Å². The Balaban J connectivity index is 1.33. The molecule has 62 heavy (non-hydrogen) atoms. The van der Waals surface area contributed by atoms with E-state index in [4.69, 9.17) is 29.2 Å². The van der Waals surface area contributed by atoms with Crippen LogP contribution in [-0.2, 0) is 49.3 Å². The monoisotopic (exact) mass is 888 g/mol. The highest BCUT2D eigenvalue weighted by Gasteiger charge is 2.50. The molecule has 3 rings (SSSR count). The number of aliphatic hydroxyl groups is 2. The summed E-state index contributed by atoms with van der Waals surface area (Å²) in [5.74, 6) is -1.98. The average Bonchev–Trinajstić information content (AvgIpc) is 3.28. The van der Waals surface area contributed by atoms with Crippen molar-refractivity contribution in [1.29, 1.82) is 5.53 Å². The van der Waals surface area contributed by atoms with Gasteiger partial charge in [-0.1, -0.05) is 67.9 Å². The molecule has 344 valence electrons. The Morgan fingerprint density at radius 1 is 0.887 bits per heavy atom. The molecule has 1 heterocycles. The number of aliphatic carboxylic acids is 1. The predicted octanol–water partition coefficient (Wildman–Crippen LogP) is 2.77. The number of hydrogen-bond acceptors (Lipinski definition) is 15. The Bertz CT molecular complexity index is 1660. The maximum Gasteiger partial charge on any atom is 0.346 e. The van der Waals surface area contributed by atoms with E-state index in [1.807, 2.05) is 54.6 Å². The fraction of sp³-hybridized carbons (Fsp3) is 0.581. The Morgan fingerprint density at radius 3 is 2.26 bits per heavy atom. The molecule has 1 fully saturated rings. The first-order valence-electron chi connectivity index (χ1n) is 21.0. The van der Waals surface area contributed by atoms with Gasteiger partial charge in [-0.05, 0) is 42.4 Å². The number of hydrogen-bond donors (Lipinski definition) is 8. The molecule has 19 heteroatoms. The van der Waals surface area contributed by atoms with Gasteiger partial charge in [0.25, 0.3) is 0 Å². The summed E-state index contributed by atoms with van der Waals surface area (Å²) in [7, 11) is 0. The van der Waals surface area contributed by atoms with Crippen molar-refractivity contribution in [3.63, 3.8) is 0 Å². The average molecular weight is 889 g/mol. The van der Waals surface area contributed by atoms with Gasteiger partial charge >= 0.3 is 5.97 Å². The molecule has 18 nitrogen and oxygen atoms in total. The number of carboxylic acids is 1. The van der Waals surface area contributed by atoms with E-state index in [1.54, 1.807) is 6.20 Å². The number of amides is 3. The Kier molecular flexibility index (Phi) is 25.6. The molecular weight excluding hydrogens is 825 g/mol. The number of nitrogens with zero attached hydrogens (tertiary/aromatic N) is 1. The van der Waals surface area contributed by atoms with Crippen LogP contribution in [0.5, 0.6) is 0 Å². The van der Waals surface area contributed by atoms with E-state index in [-0.39, 0.29) is 76.2 Å². The van der Waals surface area contributed by atoms with Gasteiger partial charge < -0.3 is 60.3 Å². The summed E-state index contributed by atoms with van der Waals surface area (Å²) in [6.07, 6.45) is 1.78. The van der Waals surface area contributed by atoms with Crippen molar-refractivity contribution >= 4 is 35.5 Å². The standard InChI is InChI=1S/C43H64N6O12S/c1-2-3-17-46-38(52)15-20-57-22-23-58-21-19-45-29-35(49-44)31-60-25-24-59-26-27-62-43(42(55)56)16-13-36(48-40(54)30-50)41(61-43)37(51)14-18-47-39(53)28-32-9-11-34(12-10-32)33-7-5-4-6-8-33/h4-12,29,36-37,41,44-45,50-51H,2-3,13-28,30-31H2,1H3,(H,46,52)(H,47,53)(H,48,54)(H,55,56)/b35-29-,49-44?/t36-,37-,41-,43+/m1/s1. The van der Waals surface area contributed by atoms with E-state index in [0.29, 0.717) is 51.6 Å². The Hall–Kier alpha value is -4.47. The van der Waals surface area contributed by atoms with Crippen LogP contribution in [0.3, 0.4) is 0 Å². The van der Waals surface area contributed by atoms with Gasteiger partial charge in [-0.15, -0.1) is 11.8 Å². The van der Waals surface area contributed by atoms with Crippen molar-refractivity contribution in [3.8, 4) is 11.1 Å². The number of nitrogens with one attached hydrogen (secondary N) is 5. The van der Waals surface area contributed by atoms with Gasteiger partial charge in [0, 0.05) is 38.0 Å². The normalized spacial score (nSPS) is 18.1. The minimum atomic E-state index is -1.74. The molecule has 8 N–H and O–H groups in total. The molecule has 0 aromatic heterocycles. The molecule has 1 aliphatic heterocycles. The number of benzene rings is 2. The second-order valence-corrected chi connectivity index (χ2v) is 15.7. The van der Waals surface area contributed by atoms with Crippen molar-refractivity contribution in [2.45, 2.75) is 75.1 Å². The minimum absolute atomic E-state index is 0.0103. The molecule has 2 aromatic rings. The predicted molar refractivity (Wildman–Crippen MR) is 232 cm³/mol. The third-order valence-corrected chi connectivity index (χ3v) is 10.9. The van der Waals surface area contributed by atoms with Crippen LogP contribution in [0.1, 0.15) is 51.0 Å². The van der Waals surface area contributed by atoms with Gasteiger partial charge in [0.15, 0.2) is 0 Å². The molecule has 0 spiro atoms. The minimum Gasteiger partial charge on any atom is -0.478 e. The largest absolute Gasteiger partial charge is 0.478 e. The second kappa shape index (κ2) is 30.6. The van der Waals surface area contributed by atoms with Crippen molar-refractivity contribution < 1.29 is 58.2 Å². The quantitative estimate of drug-likeness (QED) is 0.0379. The molecular formula is C43H64N6O12S. The summed E-state index contributed by atoms with van der Waals surface area (Å²) in [4.78, 5) is 47.3. The summed E-state index contributed by atoms with van der Waals surface area (Å²) < 4.78 is 28.2. The maximum absolute atomic E-state index is 12.7. The number of rotatable bonds is 33. The zero-order valence-electron chi connectivity index (χ0n) is 35.5. The zero-order chi connectivity index (χ0) is 44.8. The second-order valence-electron chi connectivity index (χ2n) is 14.4. The third kappa shape index (κ3) is 20.1. The number of carbonyl (C=O) groups is 4. The van der Waals surface area contributed by atoms with Gasteiger partial charge in [0.2, 0.25) is 22.7 Å². The zero-order valence-corrected chi connectivity index (χ0v) is 36.3. The first kappa shape index (κ1) is 51.9. The lowest BCUT2D eigenvalue weighted by Crippen LogP contribution is -2.59. The summed E-state index contributed by atoms with van der Waals surface area (Å²) in [6, 6.07) is 16.8. The lowest BCUT2D eigenvalue weighted by atomic mass is 9.93. The van der Waals surface area contributed by atoms with Crippen LogP contribution < -0.4 is 21.3 Å². The van der Waals surface area contributed by atoms with E-state index in [0.717, 1.165) is 41.3 Å². The van der Waals surface area contributed by atoms with Gasteiger partial charge in [0.1, 0.15) is 18.4 Å². The highest BCUT2D eigenvalue weighted by molar-refractivity contribution is 8.01. The number of carboxylic acid groups (broad SMARTS) is 1. The number of thioether (sulfide) groups is 1. The van der Waals surface area contributed by atoms with Gasteiger partial charge in [0.05, 0.1) is 71.4 Å². The fourth-order valence-electron chi connectivity index (χ4n) is 6.24. The van der Waals surface area contributed by atoms with E-state index in [1.165, 1.54) is 0 Å². The molecule has 0 unspecified atom stereocenters.